The van der Waals surface area contributed by atoms with Crippen molar-refractivity contribution in [2.24, 2.45) is 0 Å². The highest BCUT2D eigenvalue weighted by Crippen LogP contribution is 2.34. The van der Waals surface area contributed by atoms with Gasteiger partial charge in [0.1, 0.15) is 24.4 Å². The van der Waals surface area contributed by atoms with E-state index in [0.717, 1.165) is 33.3 Å². The number of aryl methyl sites for hydroxylation is 1. The average molecular weight is 398 g/mol. The average Bonchev–Trinajstić information content (AvgIpc) is 3.19. The first-order valence-electron chi connectivity index (χ1n) is 9.75. The third kappa shape index (κ3) is 3.56. The molecule has 0 amide bonds. The molecule has 3 aromatic rings. The van der Waals surface area contributed by atoms with Gasteiger partial charge in [-0.15, -0.1) is 0 Å². The van der Waals surface area contributed by atoms with Crippen LogP contribution in [0.4, 0.5) is 0 Å². The van der Waals surface area contributed by atoms with Crippen LogP contribution in [0.25, 0.3) is 22.2 Å². The number of nitrogens with one attached hydrogen (secondary N) is 1. The third-order valence-electron chi connectivity index (χ3n) is 5.94. The Labute approximate surface area is 168 Å². The summed E-state index contributed by atoms with van der Waals surface area (Å²) in [5.41, 5.74) is 6.01. The number of hydrogen-bond acceptors (Lipinski definition) is 6. The molecule has 0 spiro atoms. The molecule has 1 aliphatic heterocycles. The van der Waals surface area contributed by atoms with Gasteiger partial charge in [0, 0.05) is 5.92 Å². The lowest BCUT2D eigenvalue weighted by atomic mass is 9.83. The lowest BCUT2D eigenvalue weighted by molar-refractivity contribution is -0.233. The van der Waals surface area contributed by atoms with Crippen molar-refractivity contribution in [1.82, 2.24) is 9.97 Å². The number of fused-ring (bicyclic) bond motifs is 1. The highest BCUT2D eigenvalue weighted by Gasteiger charge is 2.45. The number of nitrogens with zero attached hydrogens (tertiary/aromatic N) is 1. The zero-order chi connectivity index (χ0) is 20.7. The van der Waals surface area contributed by atoms with Crippen LogP contribution < -0.4 is 0 Å². The van der Waals surface area contributed by atoms with Gasteiger partial charge in [-0.1, -0.05) is 31.2 Å². The molecule has 0 bridgehead atoms. The molecule has 7 heteroatoms. The van der Waals surface area contributed by atoms with Crippen LogP contribution in [-0.2, 0) is 4.74 Å². The maximum absolute atomic E-state index is 10.4. The first-order chi connectivity index (χ1) is 13.9. The van der Waals surface area contributed by atoms with Crippen LogP contribution in [-0.4, -0.2) is 67.5 Å². The molecule has 4 rings (SSSR count). The van der Waals surface area contributed by atoms with E-state index in [2.05, 4.69) is 22.1 Å². The van der Waals surface area contributed by atoms with Crippen molar-refractivity contribution in [1.29, 1.82) is 0 Å². The molecule has 1 aromatic heterocycles. The topological polar surface area (TPSA) is 119 Å². The fourth-order valence-corrected chi connectivity index (χ4v) is 4.20. The van der Waals surface area contributed by atoms with Crippen LogP contribution in [0.1, 0.15) is 24.0 Å². The van der Waals surface area contributed by atoms with Crippen LogP contribution in [0.3, 0.4) is 0 Å². The van der Waals surface area contributed by atoms with Crippen LogP contribution in [0.15, 0.2) is 42.7 Å². The van der Waals surface area contributed by atoms with Crippen molar-refractivity contribution in [3.63, 3.8) is 0 Å². The van der Waals surface area contributed by atoms with Crippen molar-refractivity contribution in [2.45, 2.75) is 50.3 Å². The number of imidazole rings is 1. The van der Waals surface area contributed by atoms with Crippen LogP contribution in [0, 0.1) is 6.92 Å². The molecule has 0 aliphatic carbocycles. The summed E-state index contributed by atoms with van der Waals surface area (Å²) in [5, 5.41) is 40.0. The van der Waals surface area contributed by atoms with E-state index >= 15 is 0 Å². The van der Waals surface area contributed by atoms with E-state index in [1.54, 1.807) is 6.33 Å². The monoisotopic (exact) mass is 398 g/mol. The second-order valence-electron chi connectivity index (χ2n) is 7.79. The summed E-state index contributed by atoms with van der Waals surface area (Å²) in [4.78, 5) is 7.36. The number of H-pyrrole nitrogens is 1. The van der Waals surface area contributed by atoms with Crippen LogP contribution in [0.5, 0.6) is 0 Å². The maximum atomic E-state index is 10.4. The van der Waals surface area contributed by atoms with Crippen molar-refractivity contribution >= 4 is 11.0 Å². The summed E-state index contributed by atoms with van der Waals surface area (Å²) >= 11 is 0. The first kappa shape index (κ1) is 20.0. The molecule has 1 saturated heterocycles. The molecule has 1 aliphatic rings. The Morgan fingerprint density at radius 3 is 2.48 bits per heavy atom. The van der Waals surface area contributed by atoms with E-state index in [0.29, 0.717) is 0 Å². The second-order valence-corrected chi connectivity index (χ2v) is 7.79. The standard InChI is InChI=1S/C22H26N2O5/c1-11-7-13(14-4-6-16-17(8-14)24-10-23-16)3-5-15(11)12(2)22-21(28)20(27)19(26)18(9-25)29-22/h3-8,10,12,18-22,25-28H,9H2,1-2H3,(H,23,24)/t12-,18?,19-,20?,21?,22-/m1/s1. The summed E-state index contributed by atoms with van der Waals surface area (Å²) in [6, 6.07) is 12.1. The minimum absolute atomic E-state index is 0.245. The van der Waals surface area contributed by atoms with Gasteiger partial charge in [-0.25, -0.2) is 4.98 Å². The molecule has 2 heterocycles. The first-order valence-corrected chi connectivity index (χ1v) is 9.75. The Hall–Kier alpha value is -2.29. The van der Waals surface area contributed by atoms with Crippen LogP contribution >= 0.6 is 0 Å². The summed E-state index contributed by atoms with van der Waals surface area (Å²) < 4.78 is 5.73. The van der Waals surface area contributed by atoms with Gasteiger partial charge in [-0.2, -0.15) is 0 Å². The lowest BCUT2D eigenvalue weighted by Gasteiger charge is -2.42. The number of aliphatic hydroxyl groups excluding tert-OH is 4. The molecule has 29 heavy (non-hydrogen) atoms. The molecule has 0 saturated carbocycles. The van der Waals surface area contributed by atoms with Gasteiger partial charge in [0.05, 0.1) is 30.1 Å². The van der Waals surface area contributed by atoms with Gasteiger partial charge >= 0.3 is 0 Å². The van der Waals surface area contributed by atoms with E-state index in [1.165, 1.54) is 0 Å². The van der Waals surface area contributed by atoms with E-state index < -0.39 is 37.1 Å². The highest BCUT2D eigenvalue weighted by atomic mass is 16.5. The van der Waals surface area contributed by atoms with Crippen LogP contribution in [0.2, 0.25) is 0 Å². The van der Waals surface area contributed by atoms with Gasteiger partial charge < -0.3 is 30.1 Å². The molecule has 1 fully saturated rings. The van der Waals surface area contributed by atoms with Gasteiger partial charge in [0.15, 0.2) is 0 Å². The number of aromatic nitrogens is 2. The molecule has 0 radical (unpaired) electrons. The maximum Gasteiger partial charge on any atom is 0.111 e. The van der Waals surface area contributed by atoms with Gasteiger partial charge in [0.2, 0.25) is 0 Å². The summed E-state index contributed by atoms with van der Waals surface area (Å²) in [7, 11) is 0. The number of rotatable bonds is 4. The second kappa shape index (κ2) is 7.85. The number of hydrogen-bond donors (Lipinski definition) is 5. The molecular weight excluding hydrogens is 372 g/mol. The summed E-state index contributed by atoms with van der Waals surface area (Å²) in [6.45, 7) is 3.47. The fourth-order valence-electron chi connectivity index (χ4n) is 4.20. The Morgan fingerprint density at radius 1 is 1.03 bits per heavy atom. The van der Waals surface area contributed by atoms with E-state index in [4.69, 9.17) is 4.74 Å². The number of ether oxygens (including phenoxy) is 1. The molecular formula is C22H26N2O5. The van der Waals surface area contributed by atoms with Gasteiger partial charge in [0.25, 0.3) is 0 Å². The smallest absolute Gasteiger partial charge is 0.111 e. The minimum Gasteiger partial charge on any atom is -0.394 e. The quantitative estimate of drug-likeness (QED) is 0.454. The Balaban J connectivity index is 1.61. The number of aromatic amines is 1. The number of aliphatic hydroxyl groups is 4. The van der Waals surface area contributed by atoms with Crippen molar-refractivity contribution in [3.8, 4) is 11.1 Å². The highest BCUT2D eigenvalue weighted by molar-refractivity contribution is 5.81. The SMILES string of the molecule is Cc1cc(-c2ccc3nc[nH]c3c2)ccc1[C@@H](C)[C@H]1OC(CO)[C@@H](O)C(O)C1O. The predicted octanol–water partition coefficient (Wildman–Crippen LogP) is 1.48. The van der Waals surface area contributed by atoms with E-state index in [1.807, 2.05) is 38.1 Å². The largest absolute Gasteiger partial charge is 0.394 e. The molecule has 7 nitrogen and oxygen atoms in total. The third-order valence-corrected chi connectivity index (χ3v) is 5.94. The lowest BCUT2D eigenvalue weighted by Crippen LogP contribution is -2.59. The molecule has 3 unspecified atom stereocenters. The summed E-state index contributed by atoms with van der Waals surface area (Å²) in [6.07, 6.45) is -3.93. The van der Waals surface area contributed by atoms with Crippen molar-refractivity contribution in [3.05, 3.63) is 53.9 Å². The Bertz CT molecular complexity index is 1000. The van der Waals surface area contributed by atoms with E-state index in [-0.39, 0.29) is 5.92 Å². The molecule has 6 atom stereocenters. The van der Waals surface area contributed by atoms with Gasteiger partial charge in [-0.3, -0.25) is 0 Å². The number of benzene rings is 2. The predicted molar refractivity (Wildman–Crippen MR) is 108 cm³/mol. The van der Waals surface area contributed by atoms with Crippen molar-refractivity contribution in [2.75, 3.05) is 6.61 Å². The fraction of sp³-hybridized carbons (Fsp3) is 0.409. The Kier molecular flexibility index (Phi) is 5.42. The van der Waals surface area contributed by atoms with E-state index in [9.17, 15) is 20.4 Å². The van der Waals surface area contributed by atoms with Crippen molar-refractivity contribution < 1.29 is 25.2 Å². The molecule has 2 aromatic carbocycles. The van der Waals surface area contributed by atoms with Gasteiger partial charge in [-0.05, 0) is 41.3 Å². The zero-order valence-electron chi connectivity index (χ0n) is 16.4. The normalized spacial score (nSPS) is 28.6. The minimum atomic E-state index is -1.37. The Morgan fingerprint density at radius 2 is 1.76 bits per heavy atom. The summed E-state index contributed by atoms with van der Waals surface area (Å²) in [5.74, 6) is -0.245. The molecule has 5 N–H and O–H groups in total. The zero-order valence-corrected chi connectivity index (χ0v) is 16.4. The molecule has 154 valence electrons.